The second kappa shape index (κ2) is 5.33. The molecule has 0 amide bonds. The van der Waals surface area contributed by atoms with Crippen LogP contribution < -0.4 is 0 Å². The van der Waals surface area contributed by atoms with Crippen molar-refractivity contribution in [2.24, 2.45) is 0 Å². The van der Waals surface area contributed by atoms with E-state index in [-0.39, 0.29) is 11.8 Å². The van der Waals surface area contributed by atoms with E-state index in [2.05, 4.69) is 0 Å². The third-order valence-corrected chi connectivity index (χ3v) is 5.06. The molecule has 14 heavy (non-hydrogen) atoms. The van der Waals surface area contributed by atoms with Gasteiger partial charge in [-0.25, -0.2) is 12.7 Å². The van der Waals surface area contributed by atoms with Gasteiger partial charge in [-0.3, -0.25) is 0 Å². The topological polar surface area (TPSA) is 37.4 Å². The van der Waals surface area contributed by atoms with Crippen molar-refractivity contribution in [2.45, 2.75) is 38.1 Å². The van der Waals surface area contributed by atoms with Gasteiger partial charge in [0.15, 0.2) is 0 Å². The summed E-state index contributed by atoms with van der Waals surface area (Å²) in [4.78, 5) is 0. The summed E-state index contributed by atoms with van der Waals surface area (Å²) in [5.41, 5.74) is 0. The van der Waals surface area contributed by atoms with Crippen LogP contribution in [0, 0.1) is 0 Å². The Hall–Kier alpha value is 0.200. The summed E-state index contributed by atoms with van der Waals surface area (Å²) in [5, 5.41) is 0. The number of alkyl halides is 1. The summed E-state index contributed by atoms with van der Waals surface area (Å²) in [7, 11) is -1.32. The molecule has 0 aromatic heterocycles. The van der Waals surface area contributed by atoms with Gasteiger partial charge in [-0.15, -0.1) is 11.6 Å². The molecule has 0 saturated heterocycles. The van der Waals surface area contributed by atoms with Crippen LogP contribution in [0.2, 0.25) is 0 Å². The van der Waals surface area contributed by atoms with Crippen molar-refractivity contribution in [3.63, 3.8) is 0 Å². The van der Waals surface area contributed by atoms with Gasteiger partial charge in [0, 0.05) is 19.0 Å². The van der Waals surface area contributed by atoms with Crippen molar-refractivity contribution in [1.29, 1.82) is 0 Å². The number of hydrogen-bond acceptors (Lipinski definition) is 2. The van der Waals surface area contributed by atoms with Crippen LogP contribution in [-0.2, 0) is 10.0 Å². The molecule has 0 spiro atoms. The Morgan fingerprint density at radius 3 is 2.43 bits per heavy atom. The quantitative estimate of drug-likeness (QED) is 0.524. The average molecular weight is 240 g/mol. The summed E-state index contributed by atoms with van der Waals surface area (Å²) >= 11 is 5.50. The predicted molar refractivity (Wildman–Crippen MR) is 59.1 cm³/mol. The zero-order valence-electron chi connectivity index (χ0n) is 8.58. The molecule has 1 aliphatic rings. The molecule has 0 radical (unpaired) electrons. The first kappa shape index (κ1) is 12.3. The van der Waals surface area contributed by atoms with E-state index in [9.17, 15) is 8.42 Å². The number of unbranched alkanes of at least 4 members (excludes halogenated alkanes) is 1. The fourth-order valence-electron chi connectivity index (χ4n) is 1.50. The van der Waals surface area contributed by atoms with Crippen molar-refractivity contribution in [3.8, 4) is 0 Å². The molecule has 1 rings (SSSR count). The molecule has 5 heteroatoms. The first-order valence-corrected chi connectivity index (χ1v) is 7.24. The van der Waals surface area contributed by atoms with Gasteiger partial charge in [0.1, 0.15) is 0 Å². The molecule has 0 unspecified atom stereocenters. The Labute approximate surface area is 91.5 Å². The Kier molecular flexibility index (Phi) is 4.67. The largest absolute Gasteiger partial charge is 0.214 e. The molecule has 3 nitrogen and oxygen atoms in total. The fourth-order valence-corrected chi connectivity index (χ4v) is 3.21. The van der Waals surface area contributed by atoms with Crippen LogP contribution in [0.15, 0.2) is 0 Å². The van der Waals surface area contributed by atoms with E-state index >= 15 is 0 Å². The maximum Gasteiger partial charge on any atom is 0.214 e. The first-order valence-electron chi connectivity index (χ1n) is 5.09. The molecule has 0 heterocycles. The summed E-state index contributed by atoms with van der Waals surface area (Å²) < 4.78 is 25.0. The van der Waals surface area contributed by atoms with Gasteiger partial charge < -0.3 is 0 Å². The molecule has 0 bridgehead atoms. The first-order chi connectivity index (χ1) is 6.58. The number of sulfonamides is 1. The molecule has 0 aromatic rings. The van der Waals surface area contributed by atoms with E-state index in [0.717, 1.165) is 25.7 Å². The summed E-state index contributed by atoms with van der Waals surface area (Å²) in [6.07, 6.45) is 4.64. The second-order valence-corrected chi connectivity index (χ2v) is 6.34. The SMILES string of the molecule is CN(C1CCC1)S(=O)(=O)CCCCCl. The second-order valence-electron chi connectivity index (χ2n) is 3.81. The van der Waals surface area contributed by atoms with Crippen molar-refractivity contribution < 1.29 is 8.42 Å². The van der Waals surface area contributed by atoms with Crippen LogP contribution in [0.5, 0.6) is 0 Å². The van der Waals surface area contributed by atoms with E-state index in [1.807, 2.05) is 0 Å². The smallest absolute Gasteiger partial charge is 0.212 e. The van der Waals surface area contributed by atoms with Gasteiger partial charge in [0.2, 0.25) is 10.0 Å². The molecule has 0 aliphatic heterocycles. The number of nitrogens with zero attached hydrogens (tertiary/aromatic N) is 1. The van der Waals surface area contributed by atoms with Crippen molar-refractivity contribution in [1.82, 2.24) is 4.31 Å². The van der Waals surface area contributed by atoms with Gasteiger partial charge in [0.25, 0.3) is 0 Å². The van der Waals surface area contributed by atoms with Crippen LogP contribution in [0.1, 0.15) is 32.1 Å². The van der Waals surface area contributed by atoms with Crippen LogP contribution in [0.3, 0.4) is 0 Å². The highest BCUT2D eigenvalue weighted by atomic mass is 35.5. The Bertz CT molecular complexity index is 262. The van der Waals surface area contributed by atoms with E-state index in [1.54, 1.807) is 11.4 Å². The molecule has 1 saturated carbocycles. The minimum Gasteiger partial charge on any atom is -0.212 e. The summed E-state index contributed by atoms with van der Waals surface area (Å²) in [6.45, 7) is 0. The maximum atomic E-state index is 11.7. The van der Waals surface area contributed by atoms with Gasteiger partial charge in [-0.1, -0.05) is 6.42 Å². The van der Waals surface area contributed by atoms with Gasteiger partial charge >= 0.3 is 0 Å². The van der Waals surface area contributed by atoms with Crippen molar-refractivity contribution in [3.05, 3.63) is 0 Å². The highest BCUT2D eigenvalue weighted by Gasteiger charge is 2.29. The summed E-state index contributed by atoms with van der Waals surface area (Å²) in [6, 6.07) is 0.260. The van der Waals surface area contributed by atoms with Crippen LogP contribution in [0.4, 0.5) is 0 Å². The van der Waals surface area contributed by atoms with Crippen molar-refractivity contribution in [2.75, 3.05) is 18.7 Å². The number of hydrogen-bond donors (Lipinski definition) is 0. The monoisotopic (exact) mass is 239 g/mol. The Morgan fingerprint density at radius 2 is 2.00 bits per heavy atom. The lowest BCUT2D eigenvalue weighted by atomic mass is 9.94. The lowest BCUT2D eigenvalue weighted by molar-refractivity contribution is 0.249. The predicted octanol–water partition coefficient (Wildman–Crippen LogP) is 1.82. The van der Waals surface area contributed by atoms with Crippen LogP contribution in [-0.4, -0.2) is 37.4 Å². The Balaban J connectivity index is 2.38. The molecule has 84 valence electrons. The molecule has 0 N–H and O–H groups in total. The third-order valence-electron chi connectivity index (χ3n) is 2.81. The zero-order chi connectivity index (χ0) is 10.6. The minimum absolute atomic E-state index is 0.243. The normalized spacial score (nSPS) is 18.5. The molecule has 0 atom stereocenters. The maximum absolute atomic E-state index is 11.7. The highest BCUT2D eigenvalue weighted by Crippen LogP contribution is 2.25. The van der Waals surface area contributed by atoms with E-state index in [0.29, 0.717) is 12.3 Å². The van der Waals surface area contributed by atoms with E-state index in [1.165, 1.54) is 0 Å². The van der Waals surface area contributed by atoms with Gasteiger partial charge in [0.05, 0.1) is 5.75 Å². The lowest BCUT2D eigenvalue weighted by Gasteiger charge is -2.33. The van der Waals surface area contributed by atoms with Crippen molar-refractivity contribution >= 4 is 21.6 Å². The third kappa shape index (κ3) is 3.11. The summed E-state index contributed by atoms with van der Waals surface area (Å²) in [5.74, 6) is 0.787. The van der Waals surface area contributed by atoms with E-state index in [4.69, 9.17) is 11.6 Å². The molecular formula is C9H18ClNO2S. The minimum atomic E-state index is -3.02. The molecule has 1 fully saturated rings. The highest BCUT2D eigenvalue weighted by molar-refractivity contribution is 7.89. The number of halogens is 1. The number of rotatable bonds is 6. The fraction of sp³-hybridized carbons (Fsp3) is 1.00. The van der Waals surface area contributed by atoms with Crippen LogP contribution >= 0.6 is 11.6 Å². The van der Waals surface area contributed by atoms with E-state index < -0.39 is 10.0 Å². The zero-order valence-corrected chi connectivity index (χ0v) is 10.1. The molecular weight excluding hydrogens is 222 g/mol. The molecule has 1 aliphatic carbocycles. The lowest BCUT2D eigenvalue weighted by Crippen LogP contribution is -2.42. The van der Waals surface area contributed by atoms with Gasteiger partial charge in [-0.2, -0.15) is 0 Å². The standard InChI is InChI=1S/C9H18ClNO2S/c1-11(9-5-4-6-9)14(12,13)8-3-2-7-10/h9H,2-8H2,1H3. The average Bonchev–Trinajstić information content (AvgIpc) is 2.01. The molecule has 0 aromatic carbocycles. The Morgan fingerprint density at radius 1 is 1.36 bits per heavy atom. The van der Waals surface area contributed by atoms with Gasteiger partial charge in [-0.05, 0) is 25.7 Å². The van der Waals surface area contributed by atoms with Crippen LogP contribution in [0.25, 0.3) is 0 Å².